The second-order valence-electron chi connectivity index (χ2n) is 5.89. The summed E-state index contributed by atoms with van der Waals surface area (Å²) in [6.45, 7) is 0. The lowest BCUT2D eigenvalue weighted by Gasteiger charge is -2.08. The van der Waals surface area contributed by atoms with Crippen LogP contribution in [0.4, 0.5) is 34.5 Å². The van der Waals surface area contributed by atoms with Crippen LogP contribution in [0.1, 0.15) is 11.3 Å². The van der Waals surface area contributed by atoms with Crippen LogP contribution in [0.15, 0.2) is 60.0 Å². The molecule has 0 aliphatic rings. The normalized spacial score (nSPS) is 11.0. The number of thiazole rings is 1. The Morgan fingerprint density at radius 2 is 1.55 bits per heavy atom. The summed E-state index contributed by atoms with van der Waals surface area (Å²) in [7, 11) is 0. The zero-order chi connectivity index (χ0) is 20.9. The summed E-state index contributed by atoms with van der Waals surface area (Å²) in [5.74, 6) is -0.435. The molecular weight excluding hydrogens is 405 g/mol. The molecule has 0 fully saturated rings. The molecule has 0 aliphatic carbocycles. The number of anilines is 3. The minimum Gasteiger partial charge on any atom is -0.326 e. The monoisotopic (exact) mass is 420 g/mol. The average molecular weight is 420 g/mol. The Kier molecular flexibility index (Phi) is 6.13. The van der Waals surface area contributed by atoms with Crippen molar-refractivity contribution >= 4 is 39.8 Å². The summed E-state index contributed by atoms with van der Waals surface area (Å²) in [6.07, 6.45) is -4.52. The lowest BCUT2D eigenvalue weighted by atomic mass is 10.2. The van der Waals surface area contributed by atoms with Gasteiger partial charge in [0.05, 0.1) is 17.7 Å². The van der Waals surface area contributed by atoms with E-state index in [4.69, 9.17) is 0 Å². The van der Waals surface area contributed by atoms with E-state index in [1.807, 2.05) is 6.07 Å². The summed E-state index contributed by atoms with van der Waals surface area (Å²) in [6, 6.07) is 12.6. The van der Waals surface area contributed by atoms with Gasteiger partial charge in [0.15, 0.2) is 5.13 Å². The zero-order valence-corrected chi connectivity index (χ0v) is 15.6. The van der Waals surface area contributed by atoms with Crippen molar-refractivity contribution in [2.45, 2.75) is 12.6 Å². The third-order valence-corrected chi connectivity index (χ3v) is 4.45. The van der Waals surface area contributed by atoms with Crippen molar-refractivity contribution in [2.75, 3.05) is 16.0 Å². The molecule has 3 rings (SSSR count). The van der Waals surface area contributed by atoms with E-state index < -0.39 is 23.7 Å². The van der Waals surface area contributed by atoms with Gasteiger partial charge < -0.3 is 10.6 Å². The van der Waals surface area contributed by atoms with E-state index in [1.165, 1.54) is 12.1 Å². The molecule has 29 heavy (non-hydrogen) atoms. The summed E-state index contributed by atoms with van der Waals surface area (Å²) in [4.78, 5) is 28.2. The summed E-state index contributed by atoms with van der Waals surface area (Å²) in [5, 5.41) is 9.66. The first-order chi connectivity index (χ1) is 13.8. The molecule has 0 aliphatic heterocycles. The average Bonchev–Trinajstić information content (AvgIpc) is 3.08. The number of rotatable bonds is 5. The van der Waals surface area contributed by atoms with Crippen molar-refractivity contribution in [3.8, 4) is 0 Å². The van der Waals surface area contributed by atoms with E-state index in [1.54, 1.807) is 29.6 Å². The second-order valence-corrected chi connectivity index (χ2v) is 6.75. The molecule has 1 aromatic heterocycles. The Bertz CT molecular complexity index is 989. The van der Waals surface area contributed by atoms with Gasteiger partial charge in [-0.1, -0.05) is 18.2 Å². The lowest BCUT2D eigenvalue weighted by molar-refractivity contribution is -0.137. The predicted molar refractivity (Wildman–Crippen MR) is 105 cm³/mol. The molecule has 3 aromatic rings. The smallest absolute Gasteiger partial charge is 0.326 e. The highest BCUT2D eigenvalue weighted by molar-refractivity contribution is 7.14. The zero-order valence-electron chi connectivity index (χ0n) is 14.8. The quantitative estimate of drug-likeness (QED) is 0.544. The molecule has 0 atom stereocenters. The van der Waals surface area contributed by atoms with Gasteiger partial charge in [0.1, 0.15) is 0 Å². The maximum Gasteiger partial charge on any atom is 0.416 e. The molecule has 150 valence electrons. The van der Waals surface area contributed by atoms with Gasteiger partial charge in [-0.05, 0) is 36.4 Å². The van der Waals surface area contributed by atoms with Crippen molar-refractivity contribution in [3.05, 3.63) is 71.2 Å². The number of nitrogens with one attached hydrogen (secondary N) is 3. The first-order valence-corrected chi connectivity index (χ1v) is 9.22. The van der Waals surface area contributed by atoms with E-state index in [2.05, 4.69) is 20.9 Å². The van der Waals surface area contributed by atoms with Crippen LogP contribution in [-0.2, 0) is 17.4 Å². The SMILES string of the molecule is O=C(Cc1csc(NC(=O)Nc2ccccc2)n1)Nc1ccc(C(F)(F)F)cc1. The van der Waals surface area contributed by atoms with E-state index in [9.17, 15) is 22.8 Å². The Hall–Kier alpha value is -3.40. The van der Waals surface area contributed by atoms with Crippen molar-refractivity contribution in [2.24, 2.45) is 0 Å². The molecule has 3 amide bonds. The number of nitrogens with zero attached hydrogens (tertiary/aromatic N) is 1. The number of hydrogen-bond donors (Lipinski definition) is 3. The molecule has 3 N–H and O–H groups in total. The topological polar surface area (TPSA) is 83.1 Å². The van der Waals surface area contributed by atoms with Crippen LogP contribution in [0.25, 0.3) is 0 Å². The third kappa shape index (κ3) is 6.04. The fourth-order valence-electron chi connectivity index (χ4n) is 2.34. The number of hydrogen-bond acceptors (Lipinski definition) is 4. The number of benzene rings is 2. The van der Waals surface area contributed by atoms with Crippen LogP contribution < -0.4 is 16.0 Å². The predicted octanol–water partition coefficient (Wildman–Crippen LogP) is 4.99. The standard InChI is InChI=1S/C19H15F3N4O2S/c20-19(21,22)12-6-8-14(9-7-12)23-16(27)10-15-11-29-18(25-15)26-17(28)24-13-4-2-1-3-5-13/h1-9,11H,10H2,(H,23,27)(H2,24,25,26,28). The molecule has 10 heteroatoms. The van der Waals surface area contributed by atoms with Crippen molar-refractivity contribution < 1.29 is 22.8 Å². The molecule has 0 bridgehead atoms. The molecule has 0 radical (unpaired) electrons. The molecule has 6 nitrogen and oxygen atoms in total. The van der Waals surface area contributed by atoms with Gasteiger partial charge >= 0.3 is 12.2 Å². The second kappa shape index (κ2) is 8.74. The summed E-state index contributed by atoms with van der Waals surface area (Å²) in [5.41, 5.74) is 0.505. The van der Waals surface area contributed by atoms with E-state index in [0.29, 0.717) is 16.5 Å². The number of para-hydroxylation sites is 1. The van der Waals surface area contributed by atoms with Crippen LogP contribution in [-0.4, -0.2) is 16.9 Å². The highest BCUT2D eigenvalue weighted by Crippen LogP contribution is 2.29. The fraction of sp³-hybridized carbons (Fsp3) is 0.105. The number of carbonyl (C=O) groups excluding carboxylic acids is 2. The maximum absolute atomic E-state index is 12.6. The van der Waals surface area contributed by atoms with Gasteiger partial charge in [0, 0.05) is 16.8 Å². The van der Waals surface area contributed by atoms with Crippen molar-refractivity contribution in [3.63, 3.8) is 0 Å². The van der Waals surface area contributed by atoms with Crippen LogP contribution in [0.5, 0.6) is 0 Å². The van der Waals surface area contributed by atoms with Gasteiger partial charge in [-0.3, -0.25) is 10.1 Å². The Labute approximate surface area is 167 Å². The van der Waals surface area contributed by atoms with Gasteiger partial charge in [0.25, 0.3) is 0 Å². The lowest BCUT2D eigenvalue weighted by Crippen LogP contribution is -2.19. The maximum atomic E-state index is 12.6. The summed E-state index contributed by atoms with van der Waals surface area (Å²) < 4.78 is 37.7. The minimum atomic E-state index is -4.43. The highest BCUT2D eigenvalue weighted by atomic mass is 32.1. The van der Waals surface area contributed by atoms with E-state index >= 15 is 0 Å². The molecule has 1 heterocycles. The number of alkyl halides is 3. The first-order valence-electron chi connectivity index (χ1n) is 8.34. The highest BCUT2D eigenvalue weighted by Gasteiger charge is 2.30. The molecule has 0 saturated heterocycles. The number of aromatic nitrogens is 1. The number of carbonyl (C=O) groups is 2. The Balaban J connectivity index is 1.51. The Morgan fingerprint density at radius 3 is 2.21 bits per heavy atom. The van der Waals surface area contributed by atoms with Crippen molar-refractivity contribution in [1.29, 1.82) is 0 Å². The molecule has 0 spiro atoms. The fourth-order valence-corrected chi connectivity index (χ4v) is 3.04. The number of amides is 3. The molecule has 0 unspecified atom stereocenters. The first kappa shape index (κ1) is 20.3. The minimum absolute atomic E-state index is 0.0838. The molecular formula is C19H15F3N4O2S. The Morgan fingerprint density at radius 1 is 0.897 bits per heavy atom. The molecule has 2 aromatic carbocycles. The van der Waals surface area contributed by atoms with Gasteiger partial charge in [-0.25, -0.2) is 9.78 Å². The molecule has 0 saturated carbocycles. The number of halogens is 3. The van der Waals surface area contributed by atoms with Gasteiger partial charge in [0.2, 0.25) is 5.91 Å². The van der Waals surface area contributed by atoms with E-state index in [0.717, 1.165) is 23.5 Å². The third-order valence-electron chi connectivity index (χ3n) is 3.64. The van der Waals surface area contributed by atoms with Crippen molar-refractivity contribution in [1.82, 2.24) is 4.98 Å². The number of urea groups is 1. The van der Waals surface area contributed by atoms with Crippen LogP contribution in [0.3, 0.4) is 0 Å². The van der Waals surface area contributed by atoms with Gasteiger partial charge in [-0.15, -0.1) is 11.3 Å². The van der Waals surface area contributed by atoms with Crippen LogP contribution in [0.2, 0.25) is 0 Å². The van der Waals surface area contributed by atoms with E-state index in [-0.39, 0.29) is 12.1 Å². The largest absolute Gasteiger partial charge is 0.416 e. The van der Waals surface area contributed by atoms with Gasteiger partial charge in [-0.2, -0.15) is 13.2 Å². The van der Waals surface area contributed by atoms with Crippen LogP contribution in [0, 0.1) is 0 Å². The van der Waals surface area contributed by atoms with Crippen LogP contribution >= 0.6 is 11.3 Å². The summed E-state index contributed by atoms with van der Waals surface area (Å²) >= 11 is 1.15.